The van der Waals surface area contributed by atoms with Gasteiger partial charge in [-0.3, -0.25) is 15.2 Å². The summed E-state index contributed by atoms with van der Waals surface area (Å²) in [5.74, 6) is 4.95. The second-order valence-electron chi connectivity index (χ2n) is 4.56. The average molecular weight is 290 g/mol. The molecular formula is C14H18N4OS. The Hall–Kier alpha value is -1.76. The van der Waals surface area contributed by atoms with Crippen molar-refractivity contribution in [1.29, 1.82) is 0 Å². The molecule has 3 N–H and O–H groups in total. The summed E-state index contributed by atoms with van der Waals surface area (Å²) in [6.45, 7) is 1.61. The Balaban J connectivity index is 1.90. The lowest BCUT2D eigenvalue weighted by atomic mass is 10.2. The monoisotopic (exact) mass is 290 g/mol. The summed E-state index contributed by atoms with van der Waals surface area (Å²) in [5, 5.41) is 1.91. The summed E-state index contributed by atoms with van der Waals surface area (Å²) in [5.41, 5.74) is 4.26. The molecule has 2 heterocycles. The van der Waals surface area contributed by atoms with E-state index in [4.69, 9.17) is 5.84 Å². The Bertz CT molecular complexity index is 555. The van der Waals surface area contributed by atoms with Gasteiger partial charge in [-0.05, 0) is 36.2 Å². The van der Waals surface area contributed by atoms with Gasteiger partial charge >= 0.3 is 0 Å². The summed E-state index contributed by atoms with van der Waals surface area (Å²) in [7, 11) is 2.03. The van der Waals surface area contributed by atoms with Gasteiger partial charge in [0.15, 0.2) is 0 Å². The lowest BCUT2D eigenvalue weighted by Gasteiger charge is -2.16. The predicted octanol–water partition coefficient (Wildman–Crippen LogP) is 1.42. The molecule has 0 aliphatic rings. The average Bonchev–Trinajstić information content (AvgIpc) is 2.93. The van der Waals surface area contributed by atoms with E-state index in [0.29, 0.717) is 4.88 Å². The Morgan fingerprint density at radius 2 is 2.30 bits per heavy atom. The Kier molecular flexibility index (Phi) is 5.23. The van der Waals surface area contributed by atoms with Crippen molar-refractivity contribution >= 4 is 17.2 Å². The van der Waals surface area contributed by atoms with Gasteiger partial charge in [-0.1, -0.05) is 6.07 Å². The quantitative estimate of drug-likeness (QED) is 0.479. The maximum atomic E-state index is 11.6. The van der Waals surface area contributed by atoms with Crippen LogP contribution in [-0.2, 0) is 13.0 Å². The van der Waals surface area contributed by atoms with E-state index in [0.717, 1.165) is 30.8 Å². The number of hydrazine groups is 1. The predicted molar refractivity (Wildman–Crippen MR) is 80.2 cm³/mol. The number of hydrogen-bond acceptors (Lipinski definition) is 5. The maximum absolute atomic E-state index is 11.6. The van der Waals surface area contributed by atoms with Crippen LogP contribution in [0.2, 0.25) is 0 Å². The Labute approximate surface area is 122 Å². The molecule has 0 atom stereocenters. The number of aromatic nitrogens is 1. The first-order valence-electron chi connectivity index (χ1n) is 6.36. The summed E-state index contributed by atoms with van der Waals surface area (Å²) in [6.07, 6.45) is 2.69. The van der Waals surface area contributed by atoms with E-state index in [2.05, 4.69) is 15.3 Å². The fraction of sp³-hybridized carbons (Fsp3) is 0.286. The molecule has 2 aromatic rings. The Morgan fingerprint density at radius 3 is 3.00 bits per heavy atom. The number of thiophene rings is 1. The highest BCUT2D eigenvalue weighted by molar-refractivity contribution is 7.12. The first-order valence-corrected chi connectivity index (χ1v) is 7.24. The topological polar surface area (TPSA) is 71.2 Å². The van der Waals surface area contributed by atoms with Crippen LogP contribution in [0.4, 0.5) is 0 Å². The molecule has 0 unspecified atom stereocenters. The van der Waals surface area contributed by atoms with Gasteiger partial charge in [-0.15, -0.1) is 11.3 Å². The van der Waals surface area contributed by atoms with E-state index in [-0.39, 0.29) is 5.91 Å². The highest BCUT2D eigenvalue weighted by Gasteiger charge is 2.13. The third kappa shape index (κ3) is 3.86. The van der Waals surface area contributed by atoms with Crippen molar-refractivity contribution in [2.24, 2.45) is 5.84 Å². The third-order valence-electron chi connectivity index (χ3n) is 3.00. The molecule has 106 valence electrons. The van der Waals surface area contributed by atoms with Crippen molar-refractivity contribution in [3.05, 3.63) is 52.0 Å². The summed E-state index contributed by atoms with van der Waals surface area (Å²) >= 11 is 1.41. The number of carbonyl (C=O) groups is 1. The number of pyridine rings is 1. The number of hydrogen-bond donors (Lipinski definition) is 2. The number of rotatable bonds is 6. The Morgan fingerprint density at radius 1 is 1.45 bits per heavy atom. The lowest BCUT2D eigenvalue weighted by Crippen LogP contribution is -2.30. The van der Waals surface area contributed by atoms with Gasteiger partial charge in [0.05, 0.1) is 4.88 Å². The minimum absolute atomic E-state index is 0.229. The van der Waals surface area contributed by atoms with Gasteiger partial charge in [0.2, 0.25) is 0 Å². The van der Waals surface area contributed by atoms with Crippen molar-refractivity contribution in [3.63, 3.8) is 0 Å². The zero-order valence-corrected chi connectivity index (χ0v) is 12.2. The van der Waals surface area contributed by atoms with Crippen molar-refractivity contribution < 1.29 is 4.79 Å². The SMILES string of the molecule is CN(CCc1ccccn1)Cc1ccsc1C(=O)NN. The number of nitrogen functional groups attached to an aromatic ring is 1. The zero-order valence-electron chi connectivity index (χ0n) is 11.4. The smallest absolute Gasteiger partial charge is 0.275 e. The minimum Gasteiger partial charge on any atom is -0.302 e. The third-order valence-corrected chi connectivity index (χ3v) is 3.96. The molecule has 0 bridgehead atoms. The van der Waals surface area contributed by atoms with Crippen molar-refractivity contribution in [2.45, 2.75) is 13.0 Å². The van der Waals surface area contributed by atoms with Gasteiger partial charge in [0.25, 0.3) is 5.91 Å². The van der Waals surface area contributed by atoms with Gasteiger partial charge in [-0.25, -0.2) is 5.84 Å². The van der Waals surface area contributed by atoms with Gasteiger partial charge < -0.3 is 4.90 Å². The van der Waals surface area contributed by atoms with Crippen LogP contribution < -0.4 is 11.3 Å². The minimum atomic E-state index is -0.229. The van der Waals surface area contributed by atoms with Crippen LogP contribution in [0.5, 0.6) is 0 Å². The first-order chi connectivity index (χ1) is 9.70. The lowest BCUT2D eigenvalue weighted by molar-refractivity contribution is 0.0956. The molecule has 6 heteroatoms. The van der Waals surface area contributed by atoms with Crippen molar-refractivity contribution in [3.8, 4) is 0 Å². The molecule has 1 amide bonds. The fourth-order valence-electron chi connectivity index (χ4n) is 1.95. The maximum Gasteiger partial charge on any atom is 0.275 e. The van der Waals surface area contributed by atoms with Crippen LogP contribution in [0.3, 0.4) is 0 Å². The fourth-order valence-corrected chi connectivity index (χ4v) is 2.76. The van der Waals surface area contributed by atoms with Gasteiger partial charge in [-0.2, -0.15) is 0 Å². The van der Waals surface area contributed by atoms with E-state index in [1.165, 1.54) is 11.3 Å². The van der Waals surface area contributed by atoms with Gasteiger partial charge in [0, 0.05) is 31.4 Å². The molecule has 0 aliphatic carbocycles. The van der Waals surface area contributed by atoms with Crippen LogP contribution in [0.15, 0.2) is 35.8 Å². The van der Waals surface area contributed by atoms with Crippen LogP contribution in [-0.4, -0.2) is 29.4 Å². The second-order valence-corrected chi connectivity index (χ2v) is 5.47. The summed E-state index contributed by atoms with van der Waals surface area (Å²) in [6, 6.07) is 7.89. The first kappa shape index (κ1) is 14.6. The van der Waals surface area contributed by atoms with E-state index < -0.39 is 0 Å². The molecule has 0 saturated carbocycles. The molecule has 0 aliphatic heterocycles. The summed E-state index contributed by atoms with van der Waals surface area (Å²) < 4.78 is 0. The second kappa shape index (κ2) is 7.14. The van der Waals surface area contributed by atoms with E-state index in [1.54, 1.807) is 6.20 Å². The van der Waals surface area contributed by atoms with Crippen LogP contribution >= 0.6 is 11.3 Å². The summed E-state index contributed by atoms with van der Waals surface area (Å²) in [4.78, 5) is 18.8. The molecule has 0 saturated heterocycles. The van der Waals surface area contributed by atoms with Crippen LogP contribution in [0, 0.1) is 0 Å². The molecule has 0 fully saturated rings. The molecule has 2 aromatic heterocycles. The standard InChI is InChI=1S/C14H18N4OS/c1-18(8-5-12-4-2-3-7-16-12)10-11-6-9-20-13(11)14(19)17-15/h2-4,6-7,9H,5,8,10,15H2,1H3,(H,17,19). The van der Waals surface area contributed by atoms with E-state index >= 15 is 0 Å². The molecule has 2 rings (SSSR count). The highest BCUT2D eigenvalue weighted by Crippen LogP contribution is 2.18. The molecule has 5 nitrogen and oxygen atoms in total. The van der Waals surface area contributed by atoms with E-state index in [9.17, 15) is 4.79 Å². The zero-order chi connectivity index (χ0) is 14.4. The molecule has 0 radical (unpaired) electrons. The van der Waals surface area contributed by atoms with E-state index in [1.807, 2.05) is 36.7 Å². The molecule has 0 spiro atoms. The normalized spacial score (nSPS) is 10.8. The molecule has 0 aromatic carbocycles. The number of nitrogens with one attached hydrogen (secondary N) is 1. The number of nitrogens with two attached hydrogens (primary N) is 1. The van der Waals surface area contributed by atoms with Crippen LogP contribution in [0.1, 0.15) is 20.9 Å². The number of amides is 1. The number of likely N-dealkylation sites (N-methyl/N-ethyl adjacent to an activating group) is 1. The molecule has 20 heavy (non-hydrogen) atoms. The van der Waals surface area contributed by atoms with Gasteiger partial charge in [0.1, 0.15) is 0 Å². The molecular weight excluding hydrogens is 272 g/mol. The number of nitrogens with zero attached hydrogens (tertiary/aromatic N) is 2. The van der Waals surface area contributed by atoms with Crippen LogP contribution in [0.25, 0.3) is 0 Å². The number of carbonyl (C=O) groups excluding carboxylic acids is 1. The van der Waals surface area contributed by atoms with Crippen molar-refractivity contribution in [2.75, 3.05) is 13.6 Å². The largest absolute Gasteiger partial charge is 0.302 e. The van der Waals surface area contributed by atoms with Crippen molar-refractivity contribution in [1.82, 2.24) is 15.3 Å². The highest BCUT2D eigenvalue weighted by atomic mass is 32.1.